The summed E-state index contributed by atoms with van der Waals surface area (Å²) in [5, 5.41) is 4.39. The van der Waals surface area contributed by atoms with E-state index in [2.05, 4.69) is 16.0 Å². The van der Waals surface area contributed by atoms with E-state index in [1.807, 2.05) is 6.20 Å². The molecule has 1 heterocycles. The maximum atomic E-state index is 5.76. The van der Waals surface area contributed by atoms with Crippen LogP contribution in [0.25, 0.3) is 0 Å². The van der Waals surface area contributed by atoms with E-state index >= 15 is 0 Å². The lowest BCUT2D eigenvalue weighted by molar-refractivity contribution is 0.637. The molecule has 13 heavy (non-hydrogen) atoms. The van der Waals surface area contributed by atoms with Crippen molar-refractivity contribution in [3.05, 3.63) is 18.0 Å². The fraction of sp³-hybridized carbons (Fsp3) is 0.700. The van der Waals surface area contributed by atoms with Crippen LogP contribution in [0.5, 0.6) is 0 Å². The van der Waals surface area contributed by atoms with Gasteiger partial charge in [-0.2, -0.15) is 5.10 Å². The topological polar surface area (TPSA) is 43.8 Å². The molecule has 3 nitrogen and oxygen atoms in total. The fourth-order valence-corrected chi connectivity index (χ4v) is 1.91. The SMILES string of the molecule is NCC1(c2cnn(C3CC3)c2)CC1. The molecule has 0 aromatic carbocycles. The first-order valence-electron chi connectivity index (χ1n) is 5.09. The van der Waals surface area contributed by atoms with Crippen molar-refractivity contribution in [3.8, 4) is 0 Å². The van der Waals surface area contributed by atoms with Gasteiger partial charge < -0.3 is 5.73 Å². The molecule has 0 radical (unpaired) electrons. The number of nitrogens with two attached hydrogens (primary N) is 1. The van der Waals surface area contributed by atoms with Crippen molar-refractivity contribution < 1.29 is 0 Å². The van der Waals surface area contributed by atoms with Crippen LogP contribution in [0.1, 0.15) is 37.3 Å². The highest BCUT2D eigenvalue weighted by Crippen LogP contribution is 2.47. The quantitative estimate of drug-likeness (QED) is 0.754. The Morgan fingerprint density at radius 1 is 1.54 bits per heavy atom. The van der Waals surface area contributed by atoms with Crippen LogP contribution in [0, 0.1) is 0 Å². The lowest BCUT2D eigenvalue weighted by Crippen LogP contribution is -2.18. The third-order valence-corrected chi connectivity index (χ3v) is 3.38. The maximum absolute atomic E-state index is 5.76. The van der Waals surface area contributed by atoms with E-state index in [1.165, 1.54) is 31.2 Å². The molecule has 0 atom stereocenters. The van der Waals surface area contributed by atoms with Crippen LogP contribution in [0.15, 0.2) is 12.4 Å². The molecule has 3 rings (SSSR count). The zero-order chi connectivity index (χ0) is 8.89. The van der Waals surface area contributed by atoms with Gasteiger partial charge in [-0.05, 0) is 31.2 Å². The molecular weight excluding hydrogens is 162 g/mol. The van der Waals surface area contributed by atoms with Crippen molar-refractivity contribution in [1.29, 1.82) is 0 Å². The Labute approximate surface area is 77.9 Å². The van der Waals surface area contributed by atoms with E-state index in [9.17, 15) is 0 Å². The summed E-state index contributed by atoms with van der Waals surface area (Å²) in [5.41, 5.74) is 7.44. The highest BCUT2D eigenvalue weighted by Gasteiger charge is 2.44. The predicted molar refractivity (Wildman–Crippen MR) is 50.5 cm³/mol. The summed E-state index contributed by atoms with van der Waals surface area (Å²) in [6.45, 7) is 0.781. The van der Waals surface area contributed by atoms with Gasteiger partial charge >= 0.3 is 0 Å². The van der Waals surface area contributed by atoms with E-state index in [-0.39, 0.29) is 0 Å². The third-order valence-electron chi connectivity index (χ3n) is 3.38. The maximum Gasteiger partial charge on any atom is 0.0528 e. The number of aromatic nitrogens is 2. The molecule has 3 heteroatoms. The largest absolute Gasteiger partial charge is 0.330 e. The first-order chi connectivity index (χ1) is 6.34. The van der Waals surface area contributed by atoms with Gasteiger partial charge in [-0.15, -0.1) is 0 Å². The second-order valence-electron chi connectivity index (χ2n) is 4.42. The van der Waals surface area contributed by atoms with Gasteiger partial charge in [-0.3, -0.25) is 4.68 Å². The Hall–Kier alpha value is -0.830. The van der Waals surface area contributed by atoms with E-state index in [4.69, 9.17) is 5.73 Å². The molecule has 0 aliphatic heterocycles. The summed E-state index contributed by atoms with van der Waals surface area (Å²) in [6, 6.07) is 0.697. The highest BCUT2D eigenvalue weighted by atomic mass is 15.3. The lowest BCUT2D eigenvalue weighted by Gasteiger charge is -2.07. The van der Waals surface area contributed by atoms with Gasteiger partial charge in [0.15, 0.2) is 0 Å². The van der Waals surface area contributed by atoms with Crippen LogP contribution in [-0.2, 0) is 5.41 Å². The number of rotatable bonds is 3. The molecule has 0 spiro atoms. The second-order valence-corrected chi connectivity index (χ2v) is 4.42. The zero-order valence-electron chi connectivity index (χ0n) is 7.74. The molecule has 1 aromatic rings. The summed E-state index contributed by atoms with van der Waals surface area (Å²) in [5.74, 6) is 0. The van der Waals surface area contributed by atoms with Crippen LogP contribution in [0.3, 0.4) is 0 Å². The van der Waals surface area contributed by atoms with Crippen LogP contribution in [-0.4, -0.2) is 16.3 Å². The van der Waals surface area contributed by atoms with E-state index in [0.29, 0.717) is 11.5 Å². The van der Waals surface area contributed by atoms with Gasteiger partial charge in [0.2, 0.25) is 0 Å². The minimum atomic E-state index is 0.313. The molecule has 2 fully saturated rings. The summed E-state index contributed by atoms with van der Waals surface area (Å²) in [7, 11) is 0. The van der Waals surface area contributed by atoms with Crippen molar-refractivity contribution in [2.45, 2.75) is 37.1 Å². The second kappa shape index (κ2) is 2.35. The minimum absolute atomic E-state index is 0.313. The first-order valence-corrected chi connectivity index (χ1v) is 5.09. The Kier molecular flexibility index (Phi) is 1.37. The Bertz CT molecular complexity index is 321. The molecule has 0 bridgehead atoms. The summed E-state index contributed by atoms with van der Waals surface area (Å²) in [6.07, 6.45) is 9.32. The molecule has 1 aromatic heterocycles. The van der Waals surface area contributed by atoms with Crippen molar-refractivity contribution in [2.24, 2.45) is 5.73 Å². The summed E-state index contributed by atoms with van der Waals surface area (Å²) < 4.78 is 2.12. The standard InChI is InChI=1S/C10H15N3/c11-7-10(3-4-10)8-5-12-13(6-8)9-1-2-9/h5-6,9H,1-4,7,11H2. The van der Waals surface area contributed by atoms with Gasteiger partial charge in [-0.1, -0.05) is 0 Å². The monoisotopic (exact) mass is 177 g/mol. The van der Waals surface area contributed by atoms with Gasteiger partial charge in [0.25, 0.3) is 0 Å². The van der Waals surface area contributed by atoms with Crippen molar-refractivity contribution in [1.82, 2.24) is 9.78 Å². The van der Waals surface area contributed by atoms with Gasteiger partial charge in [0.1, 0.15) is 0 Å². The van der Waals surface area contributed by atoms with Gasteiger partial charge in [-0.25, -0.2) is 0 Å². The molecule has 2 N–H and O–H groups in total. The summed E-state index contributed by atoms with van der Waals surface area (Å²) in [4.78, 5) is 0. The van der Waals surface area contributed by atoms with Crippen LogP contribution in [0.2, 0.25) is 0 Å². The smallest absolute Gasteiger partial charge is 0.0528 e. The number of nitrogens with zero attached hydrogens (tertiary/aromatic N) is 2. The van der Waals surface area contributed by atoms with E-state index < -0.39 is 0 Å². The molecule has 0 saturated heterocycles. The van der Waals surface area contributed by atoms with Gasteiger partial charge in [0, 0.05) is 18.2 Å². The van der Waals surface area contributed by atoms with Crippen molar-refractivity contribution in [3.63, 3.8) is 0 Å². The third kappa shape index (κ3) is 1.10. The molecule has 0 amide bonds. The van der Waals surface area contributed by atoms with E-state index in [1.54, 1.807) is 0 Å². The molecular formula is C10H15N3. The minimum Gasteiger partial charge on any atom is -0.330 e. The van der Waals surface area contributed by atoms with Crippen molar-refractivity contribution >= 4 is 0 Å². The van der Waals surface area contributed by atoms with Crippen LogP contribution >= 0.6 is 0 Å². The molecule has 0 unspecified atom stereocenters. The van der Waals surface area contributed by atoms with Crippen molar-refractivity contribution in [2.75, 3.05) is 6.54 Å². The van der Waals surface area contributed by atoms with Crippen LogP contribution in [0.4, 0.5) is 0 Å². The van der Waals surface area contributed by atoms with E-state index in [0.717, 1.165) is 6.54 Å². The molecule has 70 valence electrons. The fourth-order valence-electron chi connectivity index (χ4n) is 1.91. The van der Waals surface area contributed by atoms with Crippen LogP contribution < -0.4 is 5.73 Å². The first kappa shape index (κ1) is 7.56. The summed E-state index contributed by atoms with van der Waals surface area (Å²) >= 11 is 0. The Morgan fingerprint density at radius 2 is 2.31 bits per heavy atom. The lowest BCUT2D eigenvalue weighted by atomic mass is 10.0. The average molecular weight is 177 g/mol. The number of hydrogen-bond donors (Lipinski definition) is 1. The average Bonchev–Trinajstić information content (AvgIpc) is 3.07. The Morgan fingerprint density at radius 3 is 2.85 bits per heavy atom. The molecule has 2 aliphatic rings. The zero-order valence-corrected chi connectivity index (χ0v) is 7.74. The Balaban J connectivity index is 1.88. The number of hydrogen-bond acceptors (Lipinski definition) is 2. The molecule has 2 aliphatic carbocycles. The predicted octanol–water partition coefficient (Wildman–Crippen LogP) is 1.21. The van der Waals surface area contributed by atoms with Gasteiger partial charge in [0.05, 0.1) is 12.2 Å². The highest BCUT2D eigenvalue weighted by molar-refractivity contribution is 5.27. The normalized spacial score (nSPS) is 24.7. The molecule has 2 saturated carbocycles.